The molecule has 25 heavy (non-hydrogen) atoms. The van der Waals surface area contributed by atoms with Gasteiger partial charge in [0, 0.05) is 12.0 Å². The quantitative estimate of drug-likeness (QED) is 0.902. The molecule has 130 valence electrons. The summed E-state index contributed by atoms with van der Waals surface area (Å²) in [5, 5.41) is 3.22. The van der Waals surface area contributed by atoms with E-state index in [4.69, 9.17) is 9.47 Å². The Bertz CT molecular complexity index is 800. The Labute approximate surface area is 148 Å². The van der Waals surface area contributed by atoms with Crippen LogP contribution in [0.25, 0.3) is 0 Å². The van der Waals surface area contributed by atoms with Gasteiger partial charge in [-0.2, -0.15) is 0 Å². The summed E-state index contributed by atoms with van der Waals surface area (Å²) in [5.41, 5.74) is 4.15. The van der Waals surface area contributed by atoms with Crippen LogP contribution in [0.1, 0.15) is 52.4 Å². The number of carbonyl (C=O) groups is 1. The molecule has 1 aliphatic heterocycles. The molecular weight excluding hydrogens is 314 g/mol. The summed E-state index contributed by atoms with van der Waals surface area (Å²) in [6.45, 7) is 3.21. The zero-order valence-electron chi connectivity index (χ0n) is 14.5. The van der Waals surface area contributed by atoms with Crippen LogP contribution in [0.15, 0.2) is 36.4 Å². The van der Waals surface area contributed by atoms with Crippen LogP contribution in [-0.2, 0) is 6.42 Å². The second-order valence-corrected chi connectivity index (χ2v) is 6.78. The first-order valence-electron chi connectivity index (χ1n) is 9.01. The monoisotopic (exact) mass is 337 g/mol. The molecule has 1 aliphatic carbocycles. The van der Waals surface area contributed by atoms with E-state index in [1.54, 1.807) is 0 Å². The lowest BCUT2D eigenvalue weighted by atomic mass is 9.87. The van der Waals surface area contributed by atoms with E-state index in [0.29, 0.717) is 24.5 Å². The van der Waals surface area contributed by atoms with E-state index < -0.39 is 0 Å². The molecule has 0 fully saturated rings. The maximum absolute atomic E-state index is 12.9. The van der Waals surface area contributed by atoms with Gasteiger partial charge >= 0.3 is 0 Å². The lowest BCUT2D eigenvalue weighted by molar-refractivity contribution is 0.0931. The molecule has 1 N–H and O–H groups in total. The van der Waals surface area contributed by atoms with E-state index in [9.17, 15) is 4.79 Å². The highest BCUT2D eigenvalue weighted by molar-refractivity contribution is 5.96. The van der Waals surface area contributed by atoms with E-state index in [1.807, 2.05) is 25.1 Å². The Hall–Kier alpha value is -2.49. The lowest BCUT2D eigenvalue weighted by Gasteiger charge is -2.26. The van der Waals surface area contributed by atoms with Crippen LogP contribution in [0.2, 0.25) is 0 Å². The summed E-state index contributed by atoms with van der Waals surface area (Å²) in [6, 6.07) is 12.2. The number of nitrogens with one attached hydrogen (secondary N) is 1. The minimum atomic E-state index is -0.0464. The van der Waals surface area contributed by atoms with Gasteiger partial charge in [-0.05, 0) is 55.0 Å². The molecule has 1 heterocycles. The second-order valence-electron chi connectivity index (χ2n) is 6.78. The molecular formula is C21H23NO3. The molecule has 1 atom stereocenters. The van der Waals surface area contributed by atoms with Gasteiger partial charge in [-0.15, -0.1) is 0 Å². The normalized spacial score (nSPS) is 18.8. The fourth-order valence-corrected chi connectivity index (χ4v) is 3.69. The fraction of sp³-hybridized carbons (Fsp3) is 0.381. The Balaban J connectivity index is 1.59. The molecule has 0 aromatic heterocycles. The molecule has 0 saturated heterocycles. The topological polar surface area (TPSA) is 47.6 Å². The molecule has 4 rings (SSSR count). The second kappa shape index (κ2) is 6.79. The van der Waals surface area contributed by atoms with Crippen molar-refractivity contribution in [2.24, 2.45) is 0 Å². The largest absolute Gasteiger partial charge is 0.490 e. The third kappa shape index (κ3) is 3.21. The van der Waals surface area contributed by atoms with Crippen LogP contribution in [-0.4, -0.2) is 19.1 Å². The Kier molecular flexibility index (Phi) is 4.35. The van der Waals surface area contributed by atoms with Gasteiger partial charge in [-0.25, -0.2) is 0 Å². The van der Waals surface area contributed by atoms with Gasteiger partial charge in [0.05, 0.1) is 19.3 Å². The van der Waals surface area contributed by atoms with Crippen molar-refractivity contribution in [1.29, 1.82) is 0 Å². The SMILES string of the molecule is Cc1cc2c(cc1C(=O)N[C@H]1CCCc3ccccc31)OCCCO2. The van der Waals surface area contributed by atoms with Gasteiger partial charge in [0.25, 0.3) is 5.91 Å². The first-order chi connectivity index (χ1) is 12.2. The molecule has 1 amide bonds. The summed E-state index contributed by atoms with van der Waals surface area (Å²) >= 11 is 0. The first kappa shape index (κ1) is 16.0. The van der Waals surface area contributed by atoms with E-state index in [-0.39, 0.29) is 11.9 Å². The van der Waals surface area contributed by atoms with Gasteiger partial charge in [-0.1, -0.05) is 24.3 Å². The highest BCUT2D eigenvalue weighted by atomic mass is 16.5. The summed E-state index contributed by atoms with van der Waals surface area (Å²) in [6.07, 6.45) is 4.02. The summed E-state index contributed by atoms with van der Waals surface area (Å²) < 4.78 is 11.4. The smallest absolute Gasteiger partial charge is 0.252 e. The van der Waals surface area contributed by atoms with E-state index in [2.05, 4.69) is 23.5 Å². The van der Waals surface area contributed by atoms with Gasteiger partial charge in [0.2, 0.25) is 0 Å². The third-order valence-corrected chi connectivity index (χ3v) is 5.01. The number of benzene rings is 2. The minimum absolute atomic E-state index is 0.0464. The fourth-order valence-electron chi connectivity index (χ4n) is 3.69. The molecule has 4 heteroatoms. The molecule has 2 aliphatic rings. The van der Waals surface area contributed by atoms with Gasteiger partial charge < -0.3 is 14.8 Å². The number of hydrogen-bond donors (Lipinski definition) is 1. The maximum Gasteiger partial charge on any atom is 0.252 e. The average molecular weight is 337 g/mol. The van der Waals surface area contributed by atoms with Crippen LogP contribution in [0.4, 0.5) is 0 Å². The standard InChI is InChI=1S/C21H23NO3/c1-14-12-19-20(25-11-5-10-24-19)13-17(14)21(23)22-18-9-4-7-15-6-2-3-8-16(15)18/h2-3,6,8,12-13,18H,4-5,7,9-11H2,1H3,(H,22,23)/t18-/m0/s1. The van der Waals surface area contributed by atoms with Crippen molar-refractivity contribution in [2.45, 2.75) is 38.6 Å². The summed E-state index contributed by atoms with van der Waals surface area (Å²) in [4.78, 5) is 12.9. The van der Waals surface area contributed by atoms with Crippen molar-refractivity contribution < 1.29 is 14.3 Å². The number of amides is 1. The average Bonchev–Trinajstić information content (AvgIpc) is 2.86. The molecule has 0 saturated carbocycles. The van der Waals surface area contributed by atoms with Crippen LogP contribution in [0.5, 0.6) is 11.5 Å². The van der Waals surface area contributed by atoms with Gasteiger partial charge in [0.1, 0.15) is 0 Å². The predicted octanol–water partition coefficient (Wildman–Crippen LogP) is 3.96. The Morgan fingerprint density at radius 1 is 1.08 bits per heavy atom. The zero-order chi connectivity index (χ0) is 17.2. The molecule has 0 bridgehead atoms. The van der Waals surface area contributed by atoms with Crippen molar-refractivity contribution in [2.75, 3.05) is 13.2 Å². The van der Waals surface area contributed by atoms with Crippen LogP contribution in [0.3, 0.4) is 0 Å². The lowest BCUT2D eigenvalue weighted by Crippen LogP contribution is -2.31. The summed E-state index contributed by atoms with van der Waals surface area (Å²) in [7, 11) is 0. The maximum atomic E-state index is 12.9. The highest BCUT2D eigenvalue weighted by Gasteiger charge is 2.23. The minimum Gasteiger partial charge on any atom is -0.490 e. The van der Waals surface area contributed by atoms with Crippen molar-refractivity contribution >= 4 is 5.91 Å². The number of carbonyl (C=O) groups excluding carboxylic acids is 1. The van der Waals surface area contributed by atoms with Crippen LogP contribution < -0.4 is 14.8 Å². The van der Waals surface area contributed by atoms with Crippen LogP contribution in [0, 0.1) is 6.92 Å². The van der Waals surface area contributed by atoms with E-state index >= 15 is 0 Å². The number of fused-ring (bicyclic) bond motifs is 2. The number of ether oxygens (including phenoxy) is 2. The van der Waals surface area contributed by atoms with E-state index in [0.717, 1.165) is 37.0 Å². The molecule has 0 radical (unpaired) electrons. The number of hydrogen-bond acceptors (Lipinski definition) is 3. The van der Waals surface area contributed by atoms with Crippen molar-refractivity contribution in [3.05, 3.63) is 58.7 Å². The molecule has 2 aromatic rings. The zero-order valence-corrected chi connectivity index (χ0v) is 14.5. The Morgan fingerprint density at radius 2 is 1.84 bits per heavy atom. The highest BCUT2D eigenvalue weighted by Crippen LogP contribution is 2.34. The molecule has 0 unspecified atom stereocenters. The summed E-state index contributed by atoms with van der Waals surface area (Å²) in [5.74, 6) is 1.35. The molecule has 4 nitrogen and oxygen atoms in total. The van der Waals surface area contributed by atoms with Crippen molar-refractivity contribution in [3.63, 3.8) is 0 Å². The van der Waals surface area contributed by atoms with Crippen molar-refractivity contribution in [3.8, 4) is 11.5 Å². The third-order valence-electron chi connectivity index (χ3n) is 5.01. The Morgan fingerprint density at radius 3 is 2.68 bits per heavy atom. The predicted molar refractivity (Wildman–Crippen MR) is 96.4 cm³/mol. The van der Waals surface area contributed by atoms with Crippen LogP contribution >= 0.6 is 0 Å². The molecule has 0 spiro atoms. The van der Waals surface area contributed by atoms with Gasteiger partial charge in [-0.3, -0.25) is 4.79 Å². The first-order valence-corrected chi connectivity index (χ1v) is 9.01. The van der Waals surface area contributed by atoms with E-state index in [1.165, 1.54) is 11.1 Å². The number of aryl methyl sites for hydroxylation is 2. The number of rotatable bonds is 2. The molecule has 2 aromatic carbocycles. The van der Waals surface area contributed by atoms with Gasteiger partial charge in [0.15, 0.2) is 11.5 Å². The van der Waals surface area contributed by atoms with Crippen molar-refractivity contribution in [1.82, 2.24) is 5.32 Å².